The predicted octanol–water partition coefficient (Wildman–Crippen LogP) is 1.80. The zero-order chi connectivity index (χ0) is 10.5. The molecule has 0 unspecified atom stereocenters. The molecule has 1 aliphatic heterocycles. The third-order valence-corrected chi connectivity index (χ3v) is 3.71. The van der Waals surface area contributed by atoms with Gasteiger partial charge in [0, 0.05) is 18.0 Å². The maximum Gasteiger partial charge on any atom is 0.114 e. The normalized spacial score (nSPS) is 20.9. The van der Waals surface area contributed by atoms with Crippen LogP contribution in [0.3, 0.4) is 0 Å². The number of nitrogens with one attached hydrogen (secondary N) is 1. The van der Waals surface area contributed by atoms with Crippen molar-refractivity contribution >= 4 is 11.8 Å². The summed E-state index contributed by atoms with van der Waals surface area (Å²) in [6.07, 6.45) is 4.17. The standard InChI is InChI=1S/C11H13N3S/c12-7-9-3-1-6-14-11(9)15-10-4-2-5-13-8-10/h1,3,6,10,13H,2,4-5,8H2/t10-/m1/s1. The maximum atomic E-state index is 8.93. The number of aromatic nitrogens is 1. The second-order valence-electron chi connectivity index (χ2n) is 3.55. The molecule has 1 saturated heterocycles. The van der Waals surface area contributed by atoms with E-state index in [0.29, 0.717) is 10.8 Å². The fourth-order valence-electron chi connectivity index (χ4n) is 1.65. The minimum atomic E-state index is 0.556. The molecule has 15 heavy (non-hydrogen) atoms. The lowest BCUT2D eigenvalue weighted by molar-refractivity contribution is 0.531. The molecule has 1 aromatic rings. The van der Waals surface area contributed by atoms with Crippen LogP contribution in [0.25, 0.3) is 0 Å². The summed E-state index contributed by atoms with van der Waals surface area (Å²) >= 11 is 1.72. The first-order chi connectivity index (χ1) is 7.40. The molecule has 1 aliphatic rings. The van der Waals surface area contributed by atoms with Crippen molar-refractivity contribution in [2.24, 2.45) is 0 Å². The van der Waals surface area contributed by atoms with Crippen LogP contribution in [-0.2, 0) is 0 Å². The molecule has 0 aromatic carbocycles. The molecule has 3 nitrogen and oxygen atoms in total. The molecule has 0 amide bonds. The van der Waals surface area contributed by atoms with Crippen molar-refractivity contribution in [3.8, 4) is 6.07 Å². The van der Waals surface area contributed by atoms with E-state index in [4.69, 9.17) is 5.26 Å². The maximum absolute atomic E-state index is 8.93. The molecule has 0 spiro atoms. The number of piperidine rings is 1. The van der Waals surface area contributed by atoms with Crippen LogP contribution >= 0.6 is 11.8 Å². The molecule has 0 radical (unpaired) electrons. The Bertz CT molecular complexity index is 366. The Labute approximate surface area is 93.9 Å². The van der Waals surface area contributed by atoms with Crippen LogP contribution in [0.1, 0.15) is 18.4 Å². The van der Waals surface area contributed by atoms with Gasteiger partial charge in [-0.2, -0.15) is 5.26 Å². The van der Waals surface area contributed by atoms with Crippen LogP contribution in [0.15, 0.2) is 23.4 Å². The summed E-state index contributed by atoms with van der Waals surface area (Å²) < 4.78 is 0. The zero-order valence-electron chi connectivity index (χ0n) is 8.44. The highest BCUT2D eigenvalue weighted by Crippen LogP contribution is 2.27. The van der Waals surface area contributed by atoms with Crippen LogP contribution in [0, 0.1) is 11.3 Å². The topological polar surface area (TPSA) is 48.7 Å². The van der Waals surface area contributed by atoms with E-state index in [0.717, 1.165) is 18.1 Å². The number of nitriles is 1. The van der Waals surface area contributed by atoms with Gasteiger partial charge in [-0.05, 0) is 31.5 Å². The Kier molecular flexibility index (Phi) is 3.59. The van der Waals surface area contributed by atoms with Crippen molar-refractivity contribution in [3.05, 3.63) is 23.9 Å². The van der Waals surface area contributed by atoms with E-state index in [1.165, 1.54) is 12.8 Å². The second-order valence-corrected chi connectivity index (χ2v) is 4.84. The van der Waals surface area contributed by atoms with Crippen molar-refractivity contribution in [2.75, 3.05) is 13.1 Å². The van der Waals surface area contributed by atoms with Crippen LogP contribution < -0.4 is 5.32 Å². The molecule has 0 aliphatic carbocycles. The van der Waals surface area contributed by atoms with Gasteiger partial charge in [0.15, 0.2) is 0 Å². The van der Waals surface area contributed by atoms with Crippen molar-refractivity contribution in [3.63, 3.8) is 0 Å². The number of hydrogen-bond donors (Lipinski definition) is 1. The van der Waals surface area contributed by atoms with E-state index in [9.17, 15) is 0 Å². The minimum absolute atomic E-state index is 0.556. The van der Waals surface area contributed by atoms with Gasteiger partial charge < -0.3 is 5.32 Å². The smallest absolute Gasteiger partial charge is 0.114 e. The molecule has 78 valence electrons. The molecule has 2 rings (SSSR count). The van der Waals surface area contributed by atoms with Gasteiger partial charge in [0.2, 0.25) is 0 Å². The fraction of sp³-hybridized carbons (Fsp3) is 0.455. The Morgan fingerprint density at radius 2 is 2.53 bits per heavy atom. The van der Waals surface area contributed by atoms with E-state index >= 15 is 0 Å². The summed E-state index contributed by atoms with van der Waals surface area (Å²) in [5.74, 6) is 0. The fourth-order valence-corrected chi connectivity index (χ4v) is 2.81. The highest BCUT2D eigenvalue weighted by molar-refractivity contribution is 8.00. The Hall–Kier alpha value is -1.05. The largest absolute Gasteiger partial charge is 0.316 e. The van der Waals surface area contributed by atoms with Crippen molar-refractivity contribution in [2.45, 2.75) is 23.1 Å². The highest BCUT2D eigenvalue weighted by atomic mass is 32.2. The molecule has 0 saturated carbocycles. The molecule has 4 heteroatoms. The van der Waals surface area contributed by atoms with E-state index in [1.807, 2.05) is 12.1 Å². The van der Waals surface area contributed by atoms with Gasteiger partial charge >= 0.3 is 0 Å². The quantitative estimate of drug-likeness (QED) is 0.824. The molecule has 1 atom stereocenters. The summed E-state index contributed by atoms with van der Waals surface area (Å²) in [5.41, 5.74) is 0.688. The third-order valence-electron chi connectivity index (χ3n) is 2.42. The van der Waals surface area contributed by atoms with Crippen molar-refractivity contribution in [1.82, 2.24) is 10.3 Å². The number of rotatable bonds is 2. The van der Waals surface area contributed by atoms with E-state index in [1.54, 1.807) is 18.0 Å². The van der Waals surface area contributed by atoms with Gasteiger partial charge in [-0.25, -0.2) is 4.98 Å². The lowest BCUT2D eigenvalue weighted by Gasteiger charge is -2.21. The first-order valence-electron chi connectivity index (χ1n) is 5.12. The molecular weight excluding hydrogens is 206 g/mol. The summed E-state index contributed by atoms with van der Waals surface area (Å²) in [7, 11) is 0. The lowest BCUT2D eigenvalue weighted by atomic mass is 10.2. The highest BCUT2D eigenvalue weighted by Gasteiger charge is 2.16. The van der Waals surface area contributed by atoms with Crippen molar-refractivity contribution in [1.29, 1.82) is 5.26 Å². The SMILES string of the molecule is N#Cc1cccnc1S[C@@H]1CCCNC1. The lowest BCUT2D eigenvalue weighted by Crippen LogP contribution is -2.31. The number of thioether (sulfide) groups is 1. The van der Waals surface area contributed by atoms with Crippen LogP contribution in [-0.4, -0.2) is 23.3 Å². The van der Waals surface area contributed by atoms with Crippen LogP contribution in [0.5, 0.6) is 0 Å². The summed E-state index contributed by atoms with van der Waals surface area (Å²) in [5, 5.41) is 13.7. The Balaban J connectivity index is 2.06. The van der Waals surface area contributed by atoms with E-state index in [2.05, 4.69) is 16.4 Å². The number of pyridine rings is 1. The van der Waals surface area contributed by atoms with E-state index < -0.39 is 0 Å². The number of nitrogens with zero attached hydrogens (tertiary/aromatic N) is 2. The average Bonchev–Trinajstić information content (AvgIpc) is 2.31. The van der Waals surface area contributed by atoms with Gasteiger partial charge in [-0.1, -0.05) is 0 Å². The molecule has 2 heterocycles. The summed E-state index contributed by atoms with van der Waals surface area (Å²) in [4.78, 5) is 4.26. The molecule has 1 aromatic heterocycles. The first kappa shape index (κ1) is 10.5. The monoisotopic (exact) mass is 219 g/mol. The van der Waals surface area contributed by atoms with Crippen LogP contribution in [0.4, 0.5) is 0 Å². The summed E-state index contributed by atoms with van der Waals surface area (Å²) in [6, 6.07) is 5.81. The summed E-state index contributed by atoms with van der Waals surface area (Å²) in [6.45, 7) is 2.14. The Morgan fingerprint density at radius 3 is 3.27 bits per heavy atom. The zero-order valence-corrected chi connectivity index (χ0v) is 9.26. The van der Waals surface area contributed by atoms with Gasteiger partial charge in [0.25, 0.3) is 0 Å². The molecule has 1 fully saturated rings. The van der Waals surface area contributed by atoms with Gasteiger partial charge in [0.1, 0.15) is 11.1 Å². The third kappa shape index (κ3) is 2.71. The molecule has 1 N–H and O–H groups in total. The first-order valence-corrected chi connectivity index (χ1v) is 6.00. The molecule has 0 bridgehead atoms. The van der Waals surface area contributed by atoms with E-state index in [-0.39, 0.29) is 0 Å². The Morgan fingerprint density at radius 1 is 1.60 bits per heavy atom. The predicted molar refractivity (Wildman–Crippen MR) is 60.7 cm³/mol. The minimum Gasteiger partial charge on any atom is -0.316 e. The average molecular weight is 219 g/mol. The van der Waals surface area contributed by atoms with Crippen LogP contribution in [0.2, 0.25) is 0 Å². The van der Waals surface area contributed by atoms with Gasteiger partial charge in [-0.15, -0.1) is 11.8 Å². The van der Waals surface area contributed by atoms with Gasteiger partial charge in [-0.3, -0.25) is 0 Å². The van der Waals surface area contributed by atoms with Gasteiger partial charge in [0.05, 0.1) is 5.56 Å². The number of hydrogen-bond acceptors (Lipinski definition) is 4. The second kappa shape index (κ2) is 5.15. The molecular formula is C11H13N3S. The van der Waals surface area contributed by atoms with Crippen molar-refractivity contribution < 1.29 is 0 Å².